The Morgan fingerprint density at radius 2 is 1.72 bits per heavy atom. The molecule has 0 aromatic heterocycles. The SMILES string of the molecule is CCCCC(CC)C(=O)c1c(F)cc(F)cc1F. The summed E-state index contributed by atoms with van der Waals surface area (Å²) in [6.07, 6.45) is 2.87. The Morgan fingerprint density at radius 1 is 1.17 bits per heavy atom. The molecule has 0 aliphatic heterocycles. The highest BCUT2D eigenvalue weighted by atomic mass is 19.1. The molecule has 1 unspecified atom stereocenters. The van der Waals surface area contributed by atoms with Gasteiger partial charge in [-0.2, -0.15) is 0 Å². The molecule has 0 fully saturated rings. The van der Waals surface area contributed by atoms with Crippen LogP contribution in [0, 0.1) is 23.4 Å². The van der Waals surface area contributed by atoms with E-state index in [9.17, 15) is 18.0 Å². The zero-order valence-corrected chi connectivity index (χ0v) is 10.6. The Hall–Kier alpha value is -1.32. The number of Topliss-reactive ketones (excluding diaryl/α,β-unsaturated/α-hetero) is 1. The van der Waals surface area contributed by atoms with Crippen LogP contribution in [-0.4, -0.2) is 5.78 Å². The summed E-state index contributed by atoms with van der Waals surface area (Å²) < 4.78 is 39.7. The highest BCUT2D eigenvalue weighted by Crippen LogP contribution is 2.23. The molecule has 4 heteroatoms. The maximum atomic E-state index is 13.5. The average molecular weight is 258 g/mol. The van der Waals surface area contributed by atoms with Gasteiger partial charge in [-0.1, -0.05) is 26.7 Å². The maximum Gasteiger partial charge on any atom is 0.171 e. The summed E-state index contributed by atoms with van der Waals surface area (Å²) in [7, 11) is 0. The number of hydrogen-bond donors (Lipinski definition) is 0. The second-order valence-electron chi connectivity index (χ2n) is 4.36. The Bertz CT molecular complexity index is 406. The molecule has 0 N–H and O–H groups in total. The van der Waals surface area contributed by atoms with Crippen LogP contribution in [0.25, 0.3) is 0 Å². The molecule has 0 heterocycles. The lowest BCUT2D eigenvalue weighted by Gasteiger charge is -2.14. The second-order valence-corrected chi connectivity index (χ2v) is 4.36. The van der Waals surface area contributed by atoms with Crippen molar-refractivity contribution in [2.75, 3.05) is 0 Å². The molecule has 0 radical (unpaired) electrons. The van der Waals surface area contributed by atoms with Gasteiger partial charge in [0.2, 0.25) is 0 Å². The number of rotatable bonds is 6. The summed E-state index contributed by atoms with van der Waals surface area (Å²) in [5.74, 6) is -4.22. The number of halogens is 3. The first kappa shape index (κ1) is 14.7. The van der Waals surface area contributed by atoms with Gasteiger partial charge in [-0.25, -0.2) is 13.2 Å². The topological polar surface area (TPSA) is 17.1 Å². The molecule has 0 aliphatic rings. The Kier molecular flexibility index (Phi) is 5.38. The maximum absolute atomic E-state index is 13.5. The number of carbonyl (C=O) groups excluding carboxylic acids is 1. The molecule has 1 aromatic rings. The molecular formula is C14H17F3O. The number of ketones is 1. The smallest absolute Gasteiger partial charge is 0.171 e. The third-order valence-corrected chi connectivity index (χ3v) is 3.02. The minimum absolute atomic E-state index is 0.403. The molecule has 18 heavy (non-hydrogen) atoms. The third kappa shape index (κ3) is 3.34. The fourth-order valence-electron chi connectivity index (χ4n) is 1.95. The first-order valence-corrected chi connectivity index (χ1v) is 6.20. The van der Waals surface area contributed by atoms with Gasteiger partial charge in [0.05, 0.1) is 5.56 Å². The normalized spacial score (nSPS) is 12.5. The van der Waals surface area contributed by atoms with E-state index in [0.29, 0.717) is 25.0 Å². The lowest BCUT2D eigenvalue weighted by atomic mass is 9.90. The van der Waals surface area contributed by atoms with Gasteiger partial charge in [0.1, 0.15) is 17.5 Å². The number of benzene rings is 1. The molecule has 0 aliphatic carbocycles. The molecule has 1 nitrogen and oxygen atoms in total. The first-order chi connectivity index (χ1) is 8.51. The van der Waals surface area contributed by atoms with E-state index < -0.39 is 34.7 Å². The van der Waals surface area contributed by atoms with Gasteiger partial charge in [0.15, 0.2) is 5.78 Å². The Labute approximate surface area is 105 Å². The van der Waals surface area contributed by atoms with Crippen molar-refractivity contribution >= 4 is 5.78 Å². The van der Waals surface area contributed by atoms with E-state index in [1.807, 2.05) is 6.92 Å². The monoisotopic (exact) mass is 258 g/mol. The molecule has 0 amide bonds. The largest absolute Gasteiger partial charge is 0.294 e. The van der Waals surface area contributed by atoms with Crippen LogP contribution in [0.5, 0.6) is 0 Å². The number of unbranched alkanes of at least 4 members (excludes halogenated alkanes) is 1. The summed E-state index contributed by atoms with van der Waals surface area (Å²) >= 11 is 0. The molecule has 100 valence electrons. The Morgan fingerprint density at radius 3 is 2.17 bits per heavy atom. The fraction of sp³-hybridized carbons (Fsp3) is 0.500. The van der Waals surface area contributed by atoms with E-state index in [4.69, 9.17) is 0 Å². The molecule has 0 saturated heterocycles. The molecule has 1 rings (SSSR count). The zero-order chi connectivity index (χ0) is 13.7. The lowest BCUT2D eigenvalue weighted by Crippen LogP contribution is -2.17. The van der Waals surface area contributed by atoms with Crippen LogP contribution in [-0.2, 0) is 0 Å². The Balaban J connectivity index is 3.01. The quantitative estimate of drug-likeness (QED) is 0.686. The van der Waals surface area contributed by atoms with Crippen molar-refractivity contribution in [2.24, 2.45) is 5.92 Å². The van der Waals surface area contributed by atoms with Crippen LogP contribution in [0.1, 0.15) is 49.9 Å². The first-order valence-electron chi connectivity index (χ1n) is 6.20. The van der Waals surface area contributed by atoms with E-state index >= 15 is 0 Å². The van der Waals surface area contributed by atoms with Crippen molar-refractivity contribution in [2.45, 2.75) is 39.5 Å². The summed E-state index contributed by atoms with van der Waals surface area (Å²) in [5.41, 5.74) is -0.612. The average Bonchev–Trinajstić information content (AvgIpc) is 2.28. The number of carbonyl (C=O) groups is 1. The van der Waals surface area contributed by atoms with Crippen molar-refractivity contribution in [3.8, 4) is 0 Å². The molecule has 0 spiro atoms. The molecular weight excluding hydrogens is 241 g/mol. The van der Waals surface area contributed by atoms with E-state index in [0.717, 1.165) is 12.8 Å². The highest BCUT2D eigenvalue weighted by Gasteiger charge is 2.25. The van der Waals surface area contributed by atoms with Gasteiger partial charge in [-0.05, 0) is 12.8 Å². The fourth-order valence-corrected chi connectivity index (χ4v) is 1.95. The van der Waals surface area contributed by atoms with Gasteiger partial charge in [0.25, 0.3) is 0 Å². The second kappa shape index (κ2) is 6.57. The van der Waals surface area contributed by atoms with Crippen LogP contribution in [0.2, 0.25) is 0 Å². The van der Waals surface area contributed by atoms with Crippen molar-refractivity contribution < 1.29 is 18.0 Å². The van der Waals surface area contributed by atoms with Gasteiger partial charge in [-0.3, -0.25) is 4.79 Å². The van der Waals surface area contributed by atoms with Crippen molar-refractivity contribution in [1.82, 2.24) is 0 Å². The standard InChI is InChI=1S/C14H17F3O/c1-3-5-6-9(4-2)14(18)13-11(16)7-10(15)8-12(13)17/h7-9H,3-6H2,1-2H3. The van der Waals surface area contributed by atoms with Gasteiger partial charge in [-0.15, -0.1) is 0 Å². The van der Waals surface area contributed by atoms with Crippen LogP contribution in [0.4, 0.5) is 13.2 Å². The van der Waals surface area contributed by atoms with Crippen LogP contribution in [0.15, 0.2) is 12.1 Å². The van der Waals surface area contributed by atoms with E-state index in [2.05, 4.69) is 0 Å². The van der Waals surface area contributed by atoms with Gasteiger partial charge in [0, 0.05) is 18.1 Å². The summed E-state index contributed by atoms with van der Waals surface area (Å²) in [4.78, 5) is 12.0. The van der Waals surface area contributed by atoms with E-state index in [1.54, 1.807) is 6.92 Å². The van der Waals surface area contributed by atoms with Crippen molar-refractivity contribution in [3.05, 3.63) is 35.1 Å². The van der Waals surface area contributed by atoms with Crippen LogP contribution < -0.4 is 0 Å². The predicted octanol–water partition coefficient (Wildman–Crippen LogP) is 4.50. The predicted molar refractivity (Wildman–Crippen MR) is 64.0 cm³/mol. The molecule has 1 aromatic carbocycles. The minimum Gasteiger partial charge on any atom is -0.294 e. The van der Waals surface area contributed by atoms with Crippen molar-refractivity contribution in [1.29, 1.82) is 0 Å². The molecule has 0 saturated carbocycles. The van der Waals surface area contributed by atoms with E-state index in [-0.39, 0.29) is 0 Å². The molecule has 0 bridgehead atoms. The molecule has 1 atom stereocenters. The summed E-state index contributed by atoms with van der Waals surface area (Å²) in [6.45, 7) is 3.79. The minimum atomic E-state index is -1.12. The lowest BCUT2D eigenvalue weighted by molar-refractivity contribution is 0.0899. The zero-order valence-electron chi connectivity index (χ0n) is 10.6. The van der Waals surface area contributed by atoms with E-state index in [1.165, 1.54) is 0 Å². The van der Waals surface area contributed by atoms with Gasteiger partial charge < -0.3 is 0 Å². The van der Waals surface area contributed by atoms with Crippen molar-refractivity contribution in [3.63, 3.8) is 0 Å². The summed E-state index contributed by atoms with van der Waals surface area (Å²) in [6, 6.07) is 1.09. The van der Waals surface area contributed by atoms with Crippen LogP contribution >= 0.6 is 0 Å². The highest BCUT2D eigenvalue weighted by molar-refractivity contribution is 5.98. The number of hydrogen-bond acceptors (Lipinski definition) is 1. The van der Waals surface area contributed by atoms with Gasteiger partial charge >= 0.3 is 0 Å². The third-order valence-electron chi connectivity index (χ3n) is 3.02. The summed E-state index contributed by atoms with van der Waals surface area (Å²) in [5, 5.41) is 0. The van der Waals surface area contributed by atoms with Crippen LogP contribution in [0.3, 0.4) is 0 Å².